The Labute approximate surface area is 123 Å². The van der Waals surface area contributed by atoms with Crippen LogP contribution < -0.4 is 10.6 Å². The van der Waals surface area contributed by atoms with E-state index in [0.717, 1.165) is 32.4 Å². The summed E-state index contributed by atoms with van der Waals surface area (Å²) in [4.78, 5) is 12.9. The molecule has 0 bridgehead atoms. The van der Waals surface area contributed by atoms with E-state index in [-0.39, 0.29) is 16.7 Å². The van der Waals surface area contributed by atoms with E-state index in [9.17, 15) is 10.1 Å². The summed E-state index contributed by atoms with van der Waals surface area (Å²) in [7, 11) is 0. The van der Waals surface area contributed by atoms with E-state index in [0.29, 0.717) is 23.1 Å². The van der Waals surface area contributed by atoms with Gasteiger partial charge in [0.15, 0.2) is 0 Å². The summed E-state index contributed by atoms with van der Waals surface area (Å²) in [5.74, 6) is 1.08. The summed E-state index contributed by atoms with van der Waals surface area (Å²) in [6.07, 6.45) is 3.12. The first-order valence-electron chi connectivity index (χ1n) is 7.27. The van der Waals surface area contributed by atoms with Crippen molar-refractivity contribution < 1.29 is 4.92 Å². The highest BCUT2D eigenvalue weighted by atomic mass is 16.6. The summed E-state index contributed by atoms with van der Waals surface area (Å²) >= 11 is 0. The molecule has 6 nitrogen and oxygen atoms in total. The predicted octanol–water partition coefficient (Wildman–Crippen LogP) is 2.03. The van der Waals surface area contributed by atoms with Crippen LogP contribution >= 0.6 is 0 Å². The van der Waals surface area contributed by atoms with Crippen LogP contribution in [0.5, 0.6) is 0 Å². The lowest BCUT2D eigenvalue weighted by Gasteiger charge is -2.27. The minimum atomic E-state index is -0.371. The van der Waals surface area contributed by atoms with Gasteiger partial charge < -0.3 is 10.6 Å². The monoisotopic (exact) mass is 286 g/mol. The maximum absolute atomic E-state index is 11.2. The van der Waals surface area contributed by atoms with Gasteiger partial charge in [-0.15, -0.1) is 0 Å². The Morgan fingerprint density at radius 2 is 2.10 bits per heavy atom. The first-order chi connectivity index (χ1) is 10.1. The van der Waals surface area contributed by atoms with Crippen molar-refractivity contribution in [1.82, 2.24) is 0 Å². The molecule has 1 saturated carbocycles. The predicted molar refractivity (Wildman–Crippen MR) is 78.8 cm³/mol. The van der Waals surface area contributed by atoms with E-state index in [4.69, 9.17) is 11.0 Å². The Morgan fingerprint density at radius 3 is 2.81 bits per heavy atom. The Hall–Kier alpha value is -2.13. The molecule has 1 heterocycles. The number of nitrogens with two attached hydrogens (primary N) is 1. The van der Waals surface area contributed by atoms with Gasteiger partial charge in [-0.1, -0.05) is 0 Å². The van der Waals surface area contributed by atoms with Crippen molar-refractivity contribution in [3.05, 3.63) is 33.9 Å². The number of anilines is 1. The van der Waals surface area contributed by atoms with E-state index in [1.165, 1.54) is 12.1 Å². The van der Waals surface area contributed by atoms with Gasteiger partial charge in [0.25, 0.3) is 5.69 Å². The zero-order valence-electron chi connectivity index (χ0n) is 11.7. The van der Waals surface area contributed by atoms with E-state index < -0.39 is 0 Å². The minimum absolute atomic E-state index is 0.0805. The van der Waals surface area contributed by atoms with E-state index in [1.54, 1.807) is 6.07 Å². The van der Waals surface area contributed by atoms with Gasteiger partial charge in [-0.25, -0.2) is 0 Å². The number of nitrogens with zero attached hydrogens (tertiary/aromatic N) is 3. The maximum atomic E-state index is 11.2. The van der Waals surface area contributed by atoms with Gasteiger partial charge in [0.1, 0.15) is 5.69 Å². The molecule has 0 aromatic heterocycles. The van der Waals surface area contributed by atoms with Crippen LogP contribution in [0.15, 0.2) is 18.2 Å². The fourth-order valence-corrected chi connectivity index (χ4v) is 3.67. The van der Waals surface area contributed by atoms with Crippen LogP contribution in [0.4, 0.5) is 11.4 Å². The highest BCUT2D eigenvalue weighted by molar-refractivity contribution is 5.66. The van der Waals surface area contributed by atoms with Gasteiger partial charge in [-0.3, -0.25) is 10.1 Å². The Balaban J connectivity index is 1.90. The molecule has 1 aromatic carbocycles. The summed E-state index contributed by atoms with van der Waals surface area (Å²) in [5.41, 5.74) is 7.14. The number of nitro groups is 1. The molecule has 21 heavy (non-hydrogen) atoms. The Morgan fingerprint density at radius 1 is 1.33 bits per heavy atom. The molecule has 2 aliphatic rings. The molecule has 1 saturated heterocycles. The first kappa shape index (κ1) is 13.8. The van der Waals surface area contributed by atoms with Crippen molar-refractivity contribution >= 4 is 11.4 Å². The summed E-state index contributed by atoms with van der Waals surface area (Å²) in [6, 6.07) is 6.88. The number of benzene rings is 1. The molecule has 1 aliphatic carbocycles. The third-order valence-electron chi connectivity index (χ3n) is 4.73. The standard InChI is InChI=1S/C15H18N4O2/c16-7-10-1-4-14(19(20)21)15(5-10)18-8-11-2-3-13(17)6-12(11)9-18/h1,4-5,11-13H,2-3,6,8-9,17H2/t11-,12+,13?/m1/s1. The molecule has 110 valence electrons. The van der Waals surface area contributed by atoms with Crippen LogP contribution in [-0.4, -0.2) is 24.1 Å². The third-order valence-corrected chi connectivity index (χ3v) is 4.73. The fraction of sp³-hybridized carbons (Fsp3) is 0.533. The minimum Gasteiger partial charge on any atom is -0.365 e. The maximum Gasteiger partial charge on any atom is 0.292 e. The third kappa shape index (κ3) is 2.57. The van der Waals surface area contributed by atoms with Gasteiger partial charge in [0, 0.05) is 25.2 Å². The molecular weight excluding hydrogens is 268 g/mol. The fourth-order valence-electron chi connectivity index (χ4n) is 3.67. The van der Waals surface area contributed by atoms with Crippen molar-refractivity contribution in [2.45, 2.75) is 25.3 Å². The van der Waals surface area contributed by atoms with Crippen molar-refractivity contribution in [3.8, 4) is 6.07 Å². The number of rotatable bonds is 2. The zero-order valence-corrected chi connectivity index (χ0v) is 11.7. The van der Waals surface area contributed by atoms with Crippen molar-refractivity contribution in [3.63, 3.8) is 0 Å². The van der Waals surface area contributed by atoms with Crippen LogP contribution in [0.2, 0.25) is 0 Å². The summed E-state index contributed by atoms with van der Waals surface area (Å²) in [5, 5.41) is 20.2. The zero-order chi connectivity index (χ0) is 15.0. The van der Waals surface area contributed by atoms with Gasteiger partial charge in [-0.2, -0.15) is 5.26 Å². The van der Waals surface area contributed by atoms with Crippen LogP contribution in [0.25, 0.3) is 0 Å². The molecule has 0 amide bonds. The molecule has 2 N–H and O–H groups in total. The topological polar surface area (TPSA) is 96.2 Å². The van der Waals surface area contributed by atoms with Crippen molar-refractivity contribution in [1.29, 1.82) is 5.26 Å². The lowest BCUT2D eigenvalue weighted by atomic mass is 9.79. The molecule has 0 radical (unpaired) electrons. The highest BCUT2D eigenvalue weighted by Crippen LogP contribution is 2.40. The van der Waals surface area contributed by atoms with Gasteiger partial charge in [-0.05, 0) is 43.2 Å². The first-order valence-corrected chi connectivity index (χ1v) is 7.27. The second kappa shape index (κ2) is 5.34. The smallest absolute Gasteiger partial charge is 0.292 e. The normalized spacial score (nSPS) is 28.0. The van der Waals surface area contributed by atoms with E-state index in [1.807, 2.05) is 0 Å². The average Bonchev–Trinajstić information content (AvgIpc) is 2.89. The molecule has 1 aromatic rings. The molecule has 3 rings (SSSR count). The largest absolute Gasteiger partial charge is 0.365 e. The lowest BCUT2D eigenvalue weighted by Crippen LogP contribution is -2.32. The van der Waals surface area contributed by atoms with Crippen LogP contribution in [0.1, 0.15) is 24.8 Å². The van der Waals surface area contributed by atoms with Crippen LogP contribution in [0.3, 0.4) is 0 Å². The van der Waals surface area contributed by atoms with E-state index >= 15 is 0 Å². The highest BCUT2D eigenvalue weighted by Gasteiger charge is 2.38. The molecule has 3 atom stereocenters. The second-order valence-corrected chi connectivity index (χ2v) is 6.07. The summed E-state index contributed by atoms with van der Waals surface area (Å²) in [6.45, 7) is 1.63. The van der Waals surface area contributed by atoms with Crippen LogP contribution in [-0.2, 0) is 0 Å². The number of nitriles is 1. The molecule has 1 aliphatic heterocycles. The number of hydrogen-bond acceptors (Lipinski definition) is 5. The molecule has 6 heteroatoms. The SMILES string of the molecule is N#Cc1ccc([N+](=O)[O-])c(N2C[C@H]3CCC(N)C[C@H]3C2)c1. The quantitative estimate of drug-likeness (QED) is 0.662. The molecule has 2 fully saturated rings. The average molecular weight is 286 g/mol. The van der Waals surface area contributed by atoms with Crippen molar-refractivity contribution in [2.75, 3.05) is 18.0 Å². The summed E-state index contributed by atoms with van der Waals surface area (Å²) < 4.78 is 0. The van der Waals surface area contributed by atoms with Gasteiger partial charge in [0.05, 0.1) is 16.6 Å². The Bertz CT molecular complexity index is 610. The number of fused-ring (bicyclic) bond motifs is 1. The number of hydrogen-bond donors (Lipinski definition) is 1. The Kier molecular flexibility index (Phi) is 3.52. The molecular formula is C15H18N4O2. The van der Waals surface area contributed by atoms with Crippen LogP contribution in [0, 0.1) is 33.3 Å². The second-order valence-electron chi connectivity index (χ2n) is 6.07. The van der Waals surface area contributed by atoms with Crippen molar-refractivity contribution in [2.24, 2.45) is 17.6 Å². The van der Waals surface area contributed by atoms with E-state index in [2.05, 4.69) is 11.0 Å². The number of nitro benzene ring substituents is 1. The lowest BCUT2D eigenvalue weighted by molar-refractivity contribution is -0.384. The molecule has 0 spiro atoms. The van der Waals surface area contributed by atoms with Gasteiger partial charge in [0.2, 0.25) is 0 Å². The molecule has 1 unspecified atom stereocenters. The van der Waals surface area contributed by atoms with Gasteiger partial charge >= 0.3 is 0 Å².